The molecule has 0 saturated carbocycles. The average molecular weight is 358 g/mol. The molecule has 0 spiro atoms. The van der Waals surface area contributed by atoms with Gasteiger partial charge in [-0.15, -0.1) is 0 Å². The molecule has 1 heterocycles. The molecule has 5 N–H and O–H groups in total. The number of benzene rings is 1. The van der Waals surface area contributed by atoms with Crippen molar-refractivity contribution < 1.29 is 4.79 Å². The van der Waals surface area contributed by atoms with Crippen LogP contribution >= 0.6 is 11.8 Å². The number of hydrogen-bond donors (Lipinski definition) is 3. The number of nitrogen functional groups attached to an aromatic ring is 2. The van der Waals surface area contributed by atoms with Gasteiger partial charge in [-0.3, -0.25) is 4.79 Å². The fraction of sp³-hybridized carbons (Fsp3) is 0.412. The molecular weight excluding hydrogens is 336 g/mol. The molecule has 1 aliphatic carbocycles. The summed E-state index contributed by atoms with van der Waals surface area (Å²) in [7, 11) is 0. The minimum Gasteiger partial charge on any atom is -0.368 e. The number of amides is 1. The summed E-state index contributed by atoms with van der Waals surface area (Å²) in [6.45, 7) is 1.99. The maximum absolute atomic E-state index is 12.2. The van der Waals surface area contributed by atoms with Crippen molar-refractivity contribution in [1.82, 2.24) is 20.3 Å². The van der Waals surface area contributed by atoms with Gasteiger partial charge >= 0.3 is 0 Å². The summed E-state index contributed by atoms with van der Waals surface area (Å²) < 4.78 is 0. The Labute approximate surface area is 151 Å². The van der Waals surface area contributed by atoms with E-state index in [9.17, 15) is 4.79 Å². The van der Waals surface area contributed by atoms with Gasteiger partial charge < -0.3 is 16.8 Å². The maximum Gasteiger partial charge on any atom is 0.230 e. The fourth-order valence-electron chi connectivity index (χ4n) is 2.97. The van der Waals surface area contributed by atoms with E-state index in [0.717, 1.165) is 18.4 Å². The number of fused-ring (bicyclic) bond motifs is 1. The van der Waals surface area contributed by atoms with Gasteiger partial charge in [0.15, 0.2) is 5.16 Å². The van der Waals surface area contributed by atoms with Gasteiger partial charge in [-0.05, 0) is 49.3 Å². The van der Waals surface area contributed by atoms with Crippen LogP contribution in [0.5, 0.6) is 0 Å². The number of nitrogens with two attached hydrogens (primary N) is 2. The molecule has 8 heteroatoms. The molecule has 0 bridgehead atoms. The number of nitrogens with zero attached hydrogens (tertiary/aromatic N) is 3. The summed E-state index contributed by atoms with van der Waals surface area (Å²) in [6, 6.07) is 6.47. The van der Waals surface area contributed by atoms with Crippen LogP contribution in [0.2, 0.25) is 0 Å². The lowest BCUT2D eigenvalue weighted by molar-refractivity contribution is -0.119. The number of aromatic nitrogens is 3. The van der Waals surface area contributed by atoms with Gasteiger partial charge in [0.25, 0.3) is 0 Å². The highest BCUT2D eigenvalue weighted by Gasteiger charge is 2.15. The van der Waals surface area contributed by atoms with Crippen LogP contribution in [0, 0.1) is 0 Å². The van der Waals surface area contributed by atoms with Crippen molar-refractivity contribution in [2.24, 2.45) is 0 Å². The normalized spacial score (nSPS) is 14.6. The average Bonchev–Trinajstić information content (AvgIpc) is 2.58. The molecule has 1 aromatic carbocycles. The molecule has 1 aromatic heterocycles. The van der Waals surface area contributed by atoms with Gasteiger partial charge in [-0.1, -0.05) is 30.0 Å². The number of carbonyl (C=O) groups is 1. The van der Waals surface area contributed by atoms with Gasteiger partial charge in [0.2, 0.25) is 17.8 Å². The largest absolute Gasteiger partial charge is 0.368 e. The van der Waals surface area contributed by atoms with Crippen molar-refractivity contribution in [2.75, 3.05) is 17.2 Å². The zero-order valence-electron chi connectivity index (χ0n) is 14.2. The Bertz CT molecular complexity index is 761. The number of thioether (sulfide) groups is 1. The summed E-state index contributed by atoms with van der Waals surface area (Å²) in [6.07, 6.45) is 4.79. The molecule has 0 fully saturated rings. The minimum atomic E-state index is -0.0900. The van der Waals surface area contributed by atoms with Crippen molar-refractivity contribution in [3.05, 3.63) is 34.9 Å². The first-order valence-corrected chi connectivity index (χ1v) is 9.30. The van der Waals surface area contributed by atoms with Crippen LogP contribution in [-0.2, 0) is 17.6 Å². The number of anilines is 2. The Morgan fingerprint density at radius 2 is 1.84 bits per heavy atom. The van der Waals surface area contributed by atoms with E-state index in [4.69, 9.17) is 11.5 Å². The predicted molar refractivity (Wildman–Crippen MR) is 99.0 cm³/mol. The third-order valence-corrected chi connectivity index (χ3v) is 5.08. The van der Waals surface area contributed by atoms with Crippen LogP contribution in [0.1, 0.15) is 42.5 Å². The lowest BCUT2D eigenvalue weighted by Crippen LogP contribution is -2.28. The summed E-state index contributed by atoms with van der Waals surface area (Å²) >= 11 is 1.18. The van der Waals surface area contributed by atoms with Crippen molar-refractivity contribution in [1.29, 1.82) is 0 Å². The standard InChI is InChI=1S/C17H22N6OS/c1-10(12-7-6-11-4-2-3-5-13(11)8-12)20-14(24)9-25-17-22-15(18)21-16(19)23-17/h6-8,10H,2-5,9H2,1H3,(H,20,24)(H4,18,19,21,22,23)/t10-/m1/s1. The van der Waals surface area contributed by atoms with Crippen molar-refractivity contribution in [3.63, 3.8) is 0 Å². The smallest absolute Gasteiger partial charge is 0.230 e. The summed E-state index contributed by atoms with van der Waals surface area (Å²) in [5, 5.41) is 3.36. The lowest BCUT2D eigenvalue weighted by Gasteiger charge is -2.20. The summed E-state index contributed by atoms with van der Waals surface area (Å²) in [5.41, 5.74) is 15.0. The highest BCUT2D eigenvalue weighted by atomic mass is 32.2. The highest BCUT2D eigenvalue weighted by molar-refractivity contribution is 7.99. The molecule has 7 nitrogen and oxygen atoms in total. The molecule has 0 aliphatic heterocycles. The SMILES string of the molecule is C[C@@H](NC(=O)CSc1nc(N)nc(N)n1)c1ccc2c(c1)CCCC2. The monoisotopic (exact) mass is 358 g/mol. The van der Waals surface area contributed by atoms with Crippen LogP contribution in [0.4, 0.5) is 11.9 Å². The molecule has 2 aromatic rings. The molecule has 0 radical (unpaired) electrons. The van der Waals surface area contributed by atoms with Gasteiger partial charge in [-0.25, -0.2) is 0 Å². The molecular formula is C17H22N6OS. The Kier molecular flexibility index (Phi) is 5.37. The molecule has 25 heavy (non-hydrogen) atoms. The first-order valence-electron chi connectivity index (χ1n) is 8.32. The third kappa shape index (κ3) is 4.60. The van der Waals surface area contributed by atoms with E-state index in [1.165, 1.54) is 35.7 Å². The molecule has 1 atom stereocenters. The Hall–Kier alpha value is -2.35. The Morgan fingerprint density at radius 1 is 1.16 bits per heavy atom. The number of hydrogen-bond acceptors (Lipinski definition) is 7. The van der Waals surface area contributed by atoms with E-state index in [0.29, 0.717) is 5.16 Å². The van der Waals surface area contributed by atoms with Gasteiger partial charge in [-0.2, -0.15) is 15.0 Å². The van der Waals surface area contributed by atoms with Crippen LogP contribution in [0.25, 0.3) is 0 Å². The van der Waals surface area contributed by atoms with E-state index in [1.807, 2.05) is 6.92 Å². The highest BCUT2D eigenvalue weighted by Crippen LogP contribution is 2.25. The van der Waals surface area contributed by atoms with Gasteiger partial charge in [0.05, 0.1) is 11.8 Å². The number of carbonyl (C=O) groups excluding carboxylic acids is 1. The first-order chi connectivity index (χ1) is 12.0. The Balaban J connectivity index is 1.57. The van der Waals surface area contributed by atoms with E-state index in [-0.39, 0.29) is 29.6 Å². The fourth-order valence-corrected chi connectivity index (χ4v) is 3.63. The van der Waals surface area contributed by atoms with Crippen LogP contribution in [-0.4, -0.2) is 26.6 Å². The topological polar surface area (TPSA) is 120 Å². The Morgan fingerprint density at radius 3 is 2.56 bits per heavy atom. The van der Waals surface area contributed by atoms with Gasteiger partial charge in [0, 0.05) is 0 Å². The molecule has 0 unspecified atom stereocenters. The van der Waals surface area contributed by atoms with E-state index >= 15 is 0 Å². The van der Waals surface area contributed by atoms with Crippen molar-refractivity contribution >= 4 is 29.6 Å². The van der Waals surface area contributed by atoms with Crippen LogP contribution in [0.3, 0.4) is 0 Å². The van der Waals surface area contributed by atoms with E-state index in [2.05, 4.69) is 38.5 Å². The van der Waals surface area contributed by atoms with Crippen molar-refractivity contribution in [2.45, 2.75) is 43.8 Å². The van der Waals surface area contributed by atoms with Gasteiger partial charge in [0.1, 0.15) is 0 Å². The van der Waals surface area contributed by atoms with E-state index < -0.39 is 0 Å². The molecule has 1 aliphatic rings. The second kappa shape index (κ2) is 7.69. The van der Waals surface area contributed by atoms with E-state index in [1.54, 1.807) is 0 Å². The molecule has 3 rings (SSSR count). The molecule has 132 valence electrons. The quantitative estimate of drug-likeness (QED) is 0.698. The minimum absolute atomic E-state index is 0.0474. The lowest BCUT2D eigenvalue weighted by atomic mass is 9.89. The van der Waals surface area contributed by atoms with Crippen LogP contribution < -0.4 is 16.8 Å². The first kappa shape index (κ1) is 17.5. The zero-order valence-corrected chi connectivity index (χ0v) is 15.0. The number of rotatable bonds is 5. The predicted octanol–water partition coefficient (Wildman–Crippen LogP) is 1.88. The zero-order chi connectivity index (χ0) is 17.8. The summed E-state index contributed by atoms with van der Waals surface area (Å²) in [4.78, 5) is 23.8. The second-order valence-electron chi connectivity index (χ2n) is 6.15. The maximum atomic E-state index is 12.2. The second-order valence-corrected chi connectivity index (χ2v) is 7.09. The van der Waals surface area contributed by atoms with Crippen molar-refractivity contribution in [3.8, 4) is 0 Å². The third-order valence-electron chi connectivity index (χ3n) is 4.23. The number of aryl methyl sites for hydroxylation is 2. The molecule has 1 amide bonds. The van der Waals surface area contributed by atoms with Crippen LogP contribution in [0.15, 0.2) is 23.4 Å². The number of nitrogens with one attached hydrogen (secondary N) is 1. The summed E-state index contributed by atoms with van der Waals surface area (Å²) in [5.74, 6) is 0.210. The molecule has 0 saturated heterocycles.